The maximum absolute atomic E-state index is 11.5. The number of likely N-dealkylation sites (tertiary alicyclic amines) is 1. The molecule has 0 spiro atoms. The molecule has 0 radical (unpaired) electrons. The molecule has 0 aromatic carbocycles. The number of piperidine rings is 1. The van der Waals surface area contributed by atoms with Gasteiger partial charge < -0.3 is 16.0 Å². The average molecular weight is 281 g/mol. The third-order valence-corrected chi connectivity index (χ3v) is 5.49. The molecule has 1 heterocycles. The number of amides is 1. The van der Waals surface area contributed by atoms with Crippen molar-refractivity contribution in [3.8, 4) is 0 Å². The van der Waals surface area contributed by atoms with E-state index in [0.717, 1.165) is 42.8 Å². The molecule has 3 rings (SSSR count). The Hall–Kier alpha value is -0.840. The predicted molar refractivity (Wildman–Crippen MR) is 78.5 cm³/mol. The maximum atomic E-state index is 11.5. The molecule has 2 bridgehead atoms. The Morgan fingerprint density at radius 2 is 2.05 bits per heavy atom. The molecule has 1 amide bonds. The van der Waals surface area contributed by atoms with Crippen molar-refractivity contribution in [2.45, 2.75) is 57.0 Å². The second-order valence-corrected chi connectivity index (χ2v) is 6.72. The molecule has 1 saturated heterocycles. The van der Waals surface area contributed by atoms with Crippen LogP contribution in [0.25, 0.3) is 0 Å². The molecule has 19 heavy (non-hydrogen) atoms. The third-order valence-electron chi connectivity index (χ3n) is 5.14. The van der Waals surface area contributed by atoms with E-state index < -0.39 is 0 Å². The van der Waals surface area contributed by atoms with Gasteiger partial charge in [-0.3, -0.25) is 4.79 Å². The number of nitrogens with one attached hydrogen (secondary N) is 1. The van der Waals surface area contributed by atoms with Gasteiger partial charge in [-0.1, -0.05) is 6.42 Å². The Kier molecular flexibility index (Phi) is 3.65. The number of carbonyl (C=O) groups is 1. The van der Waals surface area contributed by atoms with E-state index in [1.54, 1.807) is 0 Å². The van der Waals surface area contributed by atoms with Crippen molar-refractivity contribution >= 4 is 23.2 Å². The Labute approximate surface area is 120 Å². The standard InChI is InChI=1S/C14H23N3OS/c15-13(18)12-3-1-2-6-17(12)14(19)16-11-8-9-4-5-10(11)7-9/h9-12H,1-8H2,(H2,15,18)(H,16,19)/t9-,10-,11+,12-/m1/s1. The summed E-state index contributed by atoms with van der Waals surface area (Å²) in [7, 11) is 0. The number of primary amides is 1. The summed E-state index contributed by atoms with van der Waals surface area (Å²) in [6.07, 6.45) is 8.35. The van der Waals surface area contributed by atoms with Gasteiger partial charge in [0, 0.05) is 12.6 Å². The molecule has 3 fully saturated rings. The van der Waals surface area contributed by atoms with E-state index in [1.807, 2.05) is 4.90 Å². The molecule has 4 nitrogen and oxygen atoms in total. The van der Waals surface area contributed by atoms with Gasteiger partial charge in [-0.05, 0) is 62.6 Å². The van der Waals surface area contributed by atoms with Crippen molar-refractivity contribution in [1.29, 1.82) is 0 Å². The summed E-state index contributed by atoms with van der Waals surface area (Å²) in [4.78, 5) is 13.5. The van der Waals surface area contributed by atoms with Gasteiger partial charge in [0.2, 0.25) is 5.91 Å². The summed E-state index contributed by atoms with van der Waals surface area (Å²) in [6, 6.07) is 0.328. The van der Waals surface area contributed by atoms with E-state index in [9.17, 15) is 4.79 Å². The fraction of sp³-hybridized carbons (Fsp3) is 0.857. The summed E-state index contributed by atoms with van der Waals surface area (Å²) >= 11 is 5.53. The van der Waals surface area contributed by atoms with E-state index in [1.165, 1.54) is 25.7 Å². The smallest absolute Gasteiger partial charge is 0.240 e. The number of nitrogens with two attached hydrogens (primary N) is 1. The second-order valence-electron chi connectivity index (χ2n) is 6.34. The molecule has 2 aliphatic carbocycles. The Morgan fingerprint density at radius 3 is 2.68 bits per heavy atom. The lowest BCUT2D eigenvalue weighted by Crippen LogP contribution is -2.55. The molecule has 1 aliphatic heterocycles. The first-order chi connectivity index (χ1) is 9.15. The van der Waals surface area contributed by atoms with Gasteiger partial charge in [-0.2, -0.15) is 0 Å². The number of carbonyl (C=O) groups excluding carboxylic acids is 1. The lowest BCUT2D eigenvalue weighted by atomic mass is 9.95. The monoisotopic (exact) mass is 281 g/mol. The van der Waals surface area contributed by atoms with Crippen LogP contribution < -0.4 is 11.1 Å². The van der Waals surface area contributed by atoms with Crippen LogP contribution >= 0.6 is 12.2 Å². The molecule has 4 atom stereocenters. The van der Waals surface area contributed by atoms with Gasteiger partial charge in [-0.15, -0.1) is 0 Å². The number of rotatable bonds is 2. The van der Waals surface area contributed by atoms with E-state index in [0.29, 0.717) is 6.04 Å². The molecule has 0 aromatic rings. The number of nitrogens with zero attached hydrogens (tertiary/aromatic N) is 1. The van der Waals surface area contributed by atoms with Crippen molar-refractivity contribution in [1.82, 2.24) is 10.2 Å². The molecule has 3 aliphatic rings. The highest BCUT2D eigenvalue weighted by molar-refractivity contribution is 7.80. The first-order valence-electron chi connectivity index (χ1n) is 7.51. The summed E-state index contributed by atoms with van der Waals surface area (Å²) < 4.78 is 0. The van der Waals surface area contributed by atoms with Gasteiger partial charge >= 0.3 is 0 Å². The van der Waals surface area contributed by atoms with Gasteiger partial charge in [-0.25, -0.2) is 0 Å². The van der Waals surface area contributed by atoms with Gasteiger partial charge in [0.15, 0.2) is 5.11 Å². The van der Waals surface area contributed by atoms with Gasteiger partial charge in [0.25, 0.3) is 0 Å². The fourth-order valence-electron chi connectivity index (χ4n) is 4.13. The molecule has 5 heteroatoms. The van der Waals surface area contributed by atoms with Gasteiger partial charge in [0.1, 0.15) is 6.04 Å². The first kappa shape index (κ1) is 13.2. The van der Waals surface area contributed by atoms with Crippen LogP contribution in [0, 0.1) is 11.8 Å². The largest absolute Gasteiger partial charge is 0.368 e. The van der Waals surface area contributed by atoms with Crippen molar-refractivity contribution in [2.75, 3.05) is 6.54 Å². The highest BCUT2D eigenvalue weighted by atomic mass is 32.1. The van der Waals surface area contributed by atoms with Crippen LogP contribution in [0.3, 0.4) is 0 Å². The topological polar surface area (TPSA) is 58.4 Å². The molecular formula is C14H23N3OS. The van der Waals surface area contributed by atoms with Crippen molar-refractivity contribution in [3.05, 3.63) is 0 Å². The SMILES string of the molecule is NC(=O)[C@H]1CCCCN1C(=S)N[C@H]1C[C@@H]2CC[C@@H]1C2. The van der Waals surface area contributed by atoms with Crippen LogP contribution in [-0.2, 0) is 4.79 Å². The van der Waals surface area contributed by atoms with E-state index >= 15 is 0 Å². The zero-order chi connectivity index (χ0) is 13.4. The van der Waals surface area contributed by atoms with Crippen LogP contribution in [-0.4, -0.2) is 34.5 Å². The Balaban J connectivity index is 1.61. The van der Waals surface area contributed by atoms with Crippen molar-refractivity contribution < 1.29 is 4.79 Å². The molecule has 106 valence electrons. The Bertz CT molecular complexity index is 387. The normalized spacial score (nSPS) is 37.4. The molecule has 0 unspecified atom stereocenters. The number of hydrogen-bond donors (Lipinski definition) is 2. The van der Waals surface area contributed by atoms with Crippen LogP contribution in [0.5, 0.6) is 0 Å². The number of hydrogen-bond acceptors (Lipinski definition) is 2. The van der Waals surface area contributed by atoms with Crippen LogP contribution in [0.15, 0.2) is 0 Å². The minimum Gasteiger partial charge on any atom is -0.368 e. The number of fused-ring (bicyclic) bond motifs is 2. The third kappa shape index (κ3) is 2.57. The zero-order valence-electron chi connectivity index (χ0n) is 11.3. The van der Waals surface area contributed by atoms with Crippen LogP contribution in [0.1, 0.15) is 44.9 Å². The Morgan fingerprint density at radius 1 is 1.21 bits per heavy atom. The summed E-state index contributed by atoms with van der Waals surface area (Å²) in [5.41, 5.74) is 5.50. The molecule has 2 saturated carbocycles. The minimum absolute atomic E-state index is 0.202. The van der Waals surface area contributed by atoms with Crippen molar-refractivity contribution in [2.24, 2.45) is 17.6 Å². The molecule has 3 N–H and O–H groups in total. The summed E-state index contributed by atoms with van der Waals surface area (Å²) in [5, 5.41) is 4.27. The number of thiocarbonyl (C=S) groups is 1. The molecule has 0 aromatic heterocycles. The van der Waals surface area contributed by atoms with Crippen LogP contribution in [0.2, 0.25) is 0 Å². The highest BCUT2D eigenvalue weighted by Crippen LogP contribution is 2.44. The maximum Gasteiger partial charge on any atom is 0.240 e. The minimum atomic E-state index is -0.239. The lowest BCUT2D eigenvalue weighted by Gasteiger charge is -2.37. The summed E-state index contributed by atoms with van der Waals surface area (Å²) in [6.45, 7) is 0.861. The zero-order valence-corrected chi connectivity index (χ0v) is 12.1. The van der Waals surface area contributed by atoms with E-state index in [4.69, 9.17) is 18.0 Å². The van der Waals surface area contributed by atoms with E-state index in [-0.39, 0.29) is 11.9 Å². The lowest BCUT2D eigenvalue weighted by molar-refractivity contribution is -0.122. The van der Waals surface area contributed by atoms with E-state index in [2.05, 4.69) is 5.32 Å². The summed E-state index contributed by atoms with van der Waals surface area (Å²) in [5.74, 6) is 1.45. The molecular weight excluding hydrogens is 258 g/mol. The second kappa shape index (κ2) is 5.27. The van der Waals surface area contributed by atoms with Crippen molar-refractivity contribution in [3.63, 3.8) is 0 Å². The van der Waals surface area contributed by atoms with Gasteiger partial charge in [0.05, 0.1) is 0 Å². The average Bonchev–Trinajstić information content (AvgIpc) is 3.01. The quantitative estimate of drug-likeness (QED) is 0.751. The first-order valence-corrected chi connectivity index (χ1v) is 7.92. The predicted octanol–water partition coefficient (Wildman–Crippen LogP) is 1.39. The fourth-order valence-corrected chi connectivity index (χ4v) is 4.50. The highest BCUT2D eigenvalue weighted by Gasteiger charge is 2.40. The van der Waals surface area contributed by atoms with Crippen LogP contribution in [0.4, 0.5) is 0 Å².